The number of carbonyl (C=O) groups excluding carboxylic acids is 1. The molecular weight excluding hydrogens is 252 g/mol. The van der Waals surface area contributed by atoms with Crippen molar-refractivity contribution in [1.29, 1.82) is 0 Å². The zero-order valence-corrected chi connectivity index (χ0v) is 11.5. The van der Waals surface area contributed by atoms with Crippen LogP contribution in [0.2, 0.25) is 0 Å². The first-order valence-corrected chi connectivity index (χ1v) is 5.78. The van der Waals surface area contributed by atoms with E-state index in [1.807, 2.05) is 24.3 Å². The Morgan fingerprint density at radius 3 is 2.33 bits per heavy atom. The Hall–Kier alpha value is -1.10. The fourth-order valence-corrected chi connectivity index (χ4v) is 1.48. The van der Waals surface area contributed by atoms with Crippen LogP contribution in [-0.4, -0.2) is 17.1 Å². The average Bonchev–Trinajstić information content (AvgIpc) is 2.26. The number of benzene rings is 1. The van der Waals surface area contributed by atoms with Crippen LogP contribution in [0.5, 0.6) is 0 Å². The van der Waals surface area contributed by atoms with Gasteiger partial charge in [0.1, 0.15) is 0 Å². The van der Waals surface area contributed by atoms with Crippen LogP contribution in [0, 0.1) is 0 Å². The lowest BCUT2D eigenvalue weighted by molar-refractivity contribution is -0.121. The van der Waals surface area contributed by atoms with Crippen molar-refractivity contribution >= 4 is 18.3 Å². The zero-order chi connectivity index (χ0) is 12.8. The molecule has 0 aliphatic heterocycles. The quantitative estimate of drug-likeness (QED) is 0.761. The summed E-state index contributed by atoms with van der Waals surface area (Å²) >= 11 is 0. The Morgan fingerprint density at radius 1 is 1.33 bits per heavy atom. The van der Waals surface area contributed by atoms with Crippen molar-refractivity contribution in [2.45, 2.75) is 39.0 Å². The number of hydrogen-bond acceptors (Lipinski definition) is 3. The molecule has 0 spiro atoms. The molecule has 0 fully saturated rings. The predicted octanol–water partition coefficient (Wildman–Crippen LogP) is 1.52. The largest absolute Gasteiger partial charge is 0.389 e. The van der Waals surface area contributed by atoms with Crippen LogP contribution in [0.25, 0.3) is 0 Å². The summed E-state index contributed by atoms with van der Waals surface area (Å²) in [7, 11) is 0. The number of carbonyl (C=O) groups is 1. The summed E-state index contributed by atoms with van der Waals surface area (Å²) in [6, 6.07) is 7.39. The SMILES string of the molecule is CC(N)CC(=O)NCc1ccc(C(C)O)cc1.Cl. The van der Waals surface area contributed by atoms with Crippen LogP contribution >= 0.6 is 12.4 Å². The van der Waals surface area contributed by atoms with Crippen LogP contribution in [0.3, 0.4) is 0 Å². The van der Waals surface area contributed by atoms with Gasteiger partial charge in [-0.2, -0.15) is 0 Å². The molecule has 1 amide bonds. The maximum atomic E-state index is 11.4. The van der Waals surface area contributed by atoms with Gasteiger partial charge < -0.3 is 16.2 Å². The third kappa shape index (κ3) is 6.00. The molecule has 4 nitrogen and oxygen atoms in total. The van der Waals surface area contributed by atoms with Gasteiger partial charge in [-0.3, -0.25) is 4.79 Å². The first kappa shape index (κ1) is 16.9. The van der Waals surface area contributed by atoms with Gasteiger partial charge in [0.05, 0.1) is 6.10 Å². The molecule has 102 valence electrons. The molecule has 0 saturated carbocycles. The van der Waals surface area contributed by atoms with Crippen molar-refractivity contribution in [3.63, 3.8) is 0 Å². The molecule has 1 rings (SSSR count). The first-order valence-electron chi connectivity index (χ1n) is 5.78. The summed E-state index contributed by atoms with van der Waals surface area (Å²) in [4.78, 5) is 11.4. The fourth-order valence-electron chi connectivity index (χ4n) is 1.48. The van der Waals surface area contributed by atoms with E-state index in [0.717, 1.165) is 11.1 Å². The van der Waals surface area contributed by atoms with Gasteiger partial charge in [0.15, 0.2) is 0 Å². The molecule has 0 aliphatic carbocycles. The minimum absolute atomic E-state index is 0. The lowest BCUT2D eigenvalue weighted by atomic mass is 10.1. The molecule has 0 saturated heterocycles. The molecule has 0 heterocycles. The second-order valence-electron chi connectivity index (χ2n) is 4.38. The van der Waals surface area contributed by atoms with Crippen LogP contribution in [0.1, 0.15) is 37.5 Å². The Morgan fingerprint density at radius 2 is 1.89 bits per heavy atom. The van der Waals surface area contributed by atoms with Crippen LogP contribution in [0.4, 0.5) is 0 Å². The normalized spacial score (nSPS) is 13.3. The van der Waals surface area contributed by atoms with Gasteiger partial charge in [0.25, 0.3) is 0 Å². The van der Waals surface area contributed by atoms with E-state index in [4.69, 9.17) is 5.73 Å². The second-order valence-corrected chi connectivity index (χ2v) is 4.38. The third-order valence-corrected chi connectivity index (χ3v) is 2.46. The monoisotopic (exact) mass is 272 g/mol. The zero-order valence-electron chi connectivity index (χ0n) is 10.7. The first-order chi connectivity index (χ1) is 7.99. The van der Waals surface area contributed by atoms with Crippen LogP contribution in [-0.2, 0) is 11.3 Å². The number of rotatable bonds is 5. The van der Waals surface area contributed by atoms with Crippen molar-refractivity contribution in [2.75, 3.05) is 0 Å². The molecule has 0 radical (unpaired) electrons. The summed E-state index contributed by atoms with van der Waals surface area (Å²) in [5.41, 5.74) is 7.40. The molecule has 0 bridgehead atoms. The van der Waals surface area contributed by atoms with Crippen molar-refractivity contribution in [3.8, 4) is 0 Å². The molecule has 2 unspecified atom stereocenters. The highest BCUT2D eigenvalue weighted by atomic mass is 35.5. The Balaban J connectivity index is 0.00000289. The van der Waals surface area contributed by atoms with Gasteiger partial charge in [0, 0.05) is 19.0 Å². The molecule has 1 aromatic rings. The van der Waals surface area contributed by atoms with Crippen molar-refractivity contribution < 1.29 is 9.90 Å². The highest BCUT2D eigenvalue weighted by Gasteiger charge is 2.05. The number of nitrogens with one attached hydrogen (secondary N) is 1. The summed E-state index contributed by atoms with van der Waals surface area (Å²) in [5.74, 6) is -0.0420. The minimum atomic E-state index is -0.461. The number of aliphatic hydroxyl groups excluding tert-OH is 1. The molecule has 2 atom stereocenters. The van der Waals surface area contributed by atoms with Crippen molar-refractivity contribution in [1.82, 2.24) is 5.32 Å². The van der Waals surface area contributed by atoms with E-state index in [2.05, 4.69) is 5.32 Å². The van der Waals surface area contributed by atoms with Gasteiger partial charge in [-0.25, -0.2) is 0 Å². The van der Waals surface area contributed by atoms with E-state index in [9.17, 15) is 9.90 Å². The van der Waals surface area contributed by atoms with E-state index in [0.29, 0.717) is 13.0 Å². The molecule has 0 aliphatic rings. The summed E-state index contributed by atoms with van der Waals surface area (Å²) < 4.78 is 0. The number of aliphatic hydroxyl groups is 1. The Kier molecular flexibility index (Phi) is 7.59. The average molecular weight is 273 g/mol. The van der Waals surface area contributed by atoms with E-state index < -0.39 is 6.10 Å². The maximum absolute atomic E-state index is 11.4. The van der Waals surface area contributed by atoms with Gasteiger partial charge in [0.2, 0.25) is 5.91 Å². The molecule has 4 N–H and O–H groups in total. The van der Waals surface area contributed by atoms with Crippen LogP contribution < -0.4 is 11.1 Å². The molecule has 0 aromatic heterocycles. The van der Waals surface area contributed by atoms with E-state index in [1.54, 1.807) is 13.8 Å². The standard InChI is InChI=1S/C13H20N2O2.ClH/c1-9(14)7-13(17)15-8-11-3-5-12(6-4-11)10(2)16;/h3-6,9-10,16H,7-8,14H2,1-2H3,(H,15,17);1H. The Labute approximate surface area is 114 Å². The van der Waals surface area contributed by atoms with Gasteiger partial charge in [-0.15, -0.1) is 12.4 Å². The van der Waals surface area contributed by atoms with Crippen LogP contribution in [0.15, 0.2) is 24.3 Å². The Bertz CT molecular complexity index is 364. The minimum Gasteiger partial charge on any atom is -0.389 e. The van der Waals surface area contributed by atoms with Gasteiger partial charge >= 0.3 is 0 Å². The third-order valence-electron chi connectivity index (χ3n) is 2.46. The van der Waals surface area contributed by atoms with Crippen molar-refractivity contribution in [2.24, 2.45) is 5.73 Å². The maximum Gasteiger partial charge on any atom is 0.221 e. The fraction of sp³-hybridized carbons (Fsp3) is 0.462. The highest BCUT2D eigenvalue weighted by molar-refractivity contribution is 5.85. The lowest BCUT2D eigenvalue weighted by Crippen LogP contribution is -2.29. The van der Waals surface area contributed by atoms with E-state index >= 15 is 0 Å². The summed E-state index contributed by atoms with van der Waals surface area (Å²) in [5, 5.41) is 12.1. The van der Waals surface area contributed by atoms with Gasteiger partial charge in [-0.05, 0) is 25.0 Å². The topological polar surface area (TPSA) is 75.4 Å². The molecule has 1 aromatic carbocycles. The molecular formula is C13H21ClN2O2. The number of halogens is 1. The predicted molar refractivity (Wildman–Crippen MR) is 74.4 cm³/mol. The van der Waals surface area contributed by atoms with Crippen molar-refractivity contribution in [3.05, 3.63) is 35.4 Å². The van der Waals surface area contributed by atoms with E-state index in [1.165, 1.54) is 0 Å². The number of nitrogens with two attached hydrogens (primary N) is 1. The van der Waals surface area contributed by atoms with E-state index in [-0.39, 0.29) is 24.4 Å². The van der Waals surface area contributed by atoms with Gasteiger partial charge in [-0.1, -0.05) is 24.3 Å². The molecule has 18 heavy (non-hydrogen) atoms. The number of amides is 1. The highest BCUT2D eigenvalue weighted by Crippen LogP contribution is 2.12. The number of hydrogen-bond donors (Lipinski definition) is 3. The lowest BCUT2D eigenvalue weighted by Gasteiger charge is -2.09. The smallest absolute Gasteiger partial charge is 0.221 e. The summed E-state index contributed by atoms with van der Waals surface area (Å²) in [6.07, 6.45) is -0.122. The second kappa shape index (κ2) is 8.08. The molecule has 5 heteroatoms. The summed E-state index contributed by atoms with van der Waals surface area (Å²) in [6.45, 7) is 4.02.